The first-order valence-corrected chi connectivity index (χ1v) is 10.9. The molecule has 0 aliphatic heterocycles. The summed E-state index contributed by atoms with van der Waals surface area (Å²) in [6.45, 7) is 3.83. The summed E-state index contributed by atoms with van der Waals surface area (Å²) in [4.78, 5) is 26.1. The molecule has 1 N–H and O–H groups in total. The second-order valence-electron chi connectivity index (χ2n) is 7.16. The molecule has 2 rings (SSSR count). The van der Waals surface area contributed by atoms with Crippen molar-refractivity contribution in [1.82, 2.24) is 4.90 Å². The van der Waals surface area contributed by atoms with Crippen molar-refractivity contribution < 1.29 is 32.2 Å². The van der Waals surface area contributed by atoms with E-state index in [1.165, 1.54) is 36.3 Å². The van der Waals surface area contributed by atoms with E-state index in [0.29, 0.717) is 28.7 Å². The number of nitrogens with one attached hydrogen (secondary N) is 1. The van der Waals surface area contributed by atoms with E-state index in [1.807, 2.05) is 6.92 Å². The predicted octanol–water partition coefficient (Wildman–Crippen LogP) is 5.66. The van der Waals surface area contributed by atoms with Crippen LogP contribution in [0.25, 0.3) is 6.08 Å². The summed E-state index contributed by atoms with van der Waals surface area (Å²) >= 11 is 6.28. The van der Waals surface area contributed by atoms with Crippen molar-refractivity contribution in [3.8, 4) is 11.5 Å². The number of benzene rings is 2. The third-order valence-electron chi connectivity index (χ3n) is 4.66. The fourth-order valence-corrected chi connectivity index (χ4v) is 3.27. The van der Waals surface area contributed by atoms with Gasteiger partial charge in [-0.2, -0.15) is 13.2 Å². The molecule has 2 aromatic rings. The third-order valence-corrected chi connectivity index (χ3v) is 4.94. The van der Waals surface area contributed by atoms with Gasteiger partial charge in [-0.3, -0.25) is 9.59 Å². The average molecular weight is 499 g/mol. The van der Waals surface area contributed by atoms with Gasteiger partial charge in [-0.25, -0.2) is 0 Å². The molecule has 0 aromatic heterocycles. The predicted molar refractivity (Wildman–Crippen MR) is 125 cm³/mol. The number of anilines is 1. The van der Waals surface area contributed by atoms with E-state index >= 15 is 0 Å². The molecule has 0 unspecified atom stereocenters. The second-order valence-corrected chi connectivity index (χ2v) is 7.57. The van der Waals surface area contributed by atoms with E-state index in [0.717, 1.165) is 18.6 Å². The van der Waals surface area contributed by atoms with Gasteiger partial charge in [-0.15, -0.1) is 0 Å². The first-order valence-electron chi connectivity index (χ1n) is 10.5. The summed E-state index contributed by atoms with van der Waals surface area (Å²) in [6.07, 6.45) is -1.08. The van der Waals surface area contributed by atoms with Crippen LogP contribution >= 0.6 is 11.6 Å². The molecule has 0 spiro atoms. The molecular formula is C24H26ClF3N2O4. The van der Waals surface area contributed by atoms with Crippen LogP contribution in [0.5, 0.6) is 11.5 Å². The normalized spacial score (nSPS) is 11.4. The van der Waals surface area contributed by atoms with Gasteiger partial charge >= 0.3 is 6.18 Å². The highest BCUT2D eigenvalue weighted by Gasteiger charge is 2.33. The van der Waals surface area contributed by atoms with E-state index in [1.54, 1.807) is 19.1 Å². The first kappa shape index (κ1) is 27.0. The van der Waals surface area contributed by atoms with Crippen molar-refractivity contribution in [1.29, 1.82) is 0 Å². The quantitative estimate of drug-likeness (QED) is 0.429. The minimum Gasteiger partial charge on any atom is -0.493 e. The topological polar surface area (TPSA) is 67.9 Å². The maximum Gasteiger partial charge on any atom is 0.418 e. The standard InChI is InChI=1S/C24H26ClF3N2O4/c1-4-12-34-23-18(25)13-16(14-20(23)33-3)10-11-22(32)30(5-2)15-21(31)29-19-9-7-6-8-17(19)24(26,27)28/h6-11,13-14H,4-5,12,15H2,1-3H3,(H,29,31)/b11-10+. The minimum atomic E-state index is -4.62. The maximum atomic E-state index is 13.1. The van der Waals surface area contributed by atoms with E-state index in [9.17, 15) is 22.8 Å². The molecule has 0 saturated heterocycles. The Bertz CT molecular complexity index is 1040. The number of para-hydroxylation sites is 1. The Kier molecular flexibility index (Phi) is 9.80. The van der Waals surface area contributed by atoms with E-state index in [2.05, 4.69) is 5.32 Å². The lowest BCUT2D eigenvalue weighted by molar-refractivity contribution is -0.137. The highest BCUT2D eigenvalue weighted by molar-refractivity contribution is 6.32. The highest BCUT2D eigenvalue weighted by Crippen LogP contribution is 2.37. The number of hydrogen-bond donors (Lipinski definition) is 1. The summed E-state index contributed by atoms with van der Waals surface area (Å²) in [6, 6.07) is 7.90. The number of ether oxygens (including phenoxy) is 2. The van der Waals surface area contributed by atoms with Gasteiger partial charge in [0.2, 0.25) is 11.8 Å². The number of carbonyl (C=O) groups excluding carboxylic acids is 2. The summed E-state index contributed by atoms with van der Waals surface area (Å²) in [5.41, 5.74) is -0.764. The molecule has 184 valence electrons. The van der Waals surface area contributed by atoms with Crippen LogP contribution in [0.2, 0.25) is 5.02 Å². The number of nitrogens with zero attached hydrogens (tertiary/aromatic N) is 1. The molecule has 2 amide bonds. The van der Waals surface area contributed by atoms with Crippen molar-refractivity contribution in [2.24, 2.45) is 0 Å². The molecule has 0 aliphatic rings. The van der Waals surface area contributed by atoms with Gasteiger partial charge in [0.05, 0.1) is 30.0 Å². The first-order chi connectivity index (χ1) is 16.1. The van der Waals surface area contributed by atoms with E-state index < -0.39 is 30.1 Å². The lowest BCUT2D eigenvalue weighted by Gasteiger charge is -2.20. The molecule has 0 saturated carbocycles. The van der Waals surface area contributed by atoms with E-state index in [-0.39, 0.29) is 12.2 Å². The maximum absolute atomic E-state index is 13.1. The smallest absolute Gasteiger partial charge is 0.418 e. The van der Waals surface area contributed by atoms with Gasteiger partial charge in [-0.1, -0.05) is 30.7 Å². The van der Waals surface area contributed by atoms with Crippen LogP contribution in [0.1, 0.15) is 31.4 Å². The van der Waals surface area contributed by atoms with Crippen molar-refractivity contribution >= 4 is 35.2 Å². The Morgan fingerprint density at radius 1 is 1.18 bits per heavy atom. The summed E-state index contributed by atoms with van der Waals surface area (Å²) in [5.74, 6) is -0.436. The highest BCUT2D eigenvalue weighted by atomic mass is 35.5. The van der Waals surface area contributed by atoms with Crippen molar-refractivity contribution in [3.63, 3.8) is 0 Å². The Morgan fingerprint density at radius 2 is 1.88 bits per heavy atom. The van der Waals surface area contributed by atoms with Crippen LogP contribution in [0, 0.1) is 0 Å². The number of likely N-dealkylation sites (N-methyl/N-ethyl adjacent to an activating group) is 1. The molecule has 0 bridgehead atoms. The van der Waals surface area contributed by atoms with Gasteiger partial charge in [0.15, 0.2) is 11.5 Å². The largest absolute Gasteiger partial charge is 0.493 e. The second kappa shape index (κ2) is 12.3. The fraction of sp³-hybridized carbons (Fsp3) is 0.333. The summed E-state index contributed by atoms with van der Waals surface area (Å²) in [7, 11) is 1.47. The van der Waals surface area contributed by atoms with Crippen molar-refractivity contribution in [2.45, 2.75) is 26.4 Å². The number of rotatable bonds is 10. The minimum absolute atomic E-state index is 0.172. The Balaban J connectivity index is 2.10. The fourth-order valence-electron chi connectivity index (χ4n) is 3.00. The van der Waals surface area contributed by atoms with E-state index in [4.69, 9.17) is 21.1 Å². The molecule has 0 atom stereocenters. The lowest BCUT2D eigenvalue weighted by Crippen LogP contribution is -2.37. The average Bonchev–Trinajstić information content (AvgIpc) is 2.79. The molecule has 2 aromatic carbocycles. The number of alkyl halides is 3. The van der Waals surface area contributed by atoms with Gasteiger partial charge < -0.3 is 19.7 Å². The SMILES string of the molecule is CCCOc1c(Cl)cc(/C=C/C(=O)N(CC)CC(=O)Nc2ccccc2C(F)(F)F)cc1OC. The molecule has 0 fully saturated rings. The number of halogens is 4. The van der Waals surface area contributed by atoms with Gasteiger partial charge in [0.25, 0.3) is 0 Å². The molecular weight excluding hydrogens is 473 g/mol. The number of carbonyl (C=O) groups is 2. The Morgan fingerprint density at radius 3 is 2.50 bits per heavy atom. The summed E-state index contributed by atoms with van der Waals surface area (Å²) in [5, 5.41) is 2.55. The van der Waals surface area contributed by atoms with Gasteiger partial charge in [-0.05, 0) is 49.2 Å². The number of amides is 2. The number of methoxy groups -OCH3 is 1. The Hall–Kier alpha value is -3.20. The molecule has 0 heterocycles. The summed E-state index contributed by atoms with van der Waals surface area (Å²) < 4.78 is 50.3. The zero-order chi connectivity index (χ0) is 25.3. The van der Waals surface area contributed by atoms with Crippen LogP contribution < -0.4 is 14.8 Å². The number of hydrogen-bond acceptors (Lipinski definition) is 4. The molecule has 6 nitrogen and oxygen atoms in total. The molecule has 0 radical (unpaired) electrons. The Labute approximate surface area is 201 Å². The van der Waals surface area contributed by atoms with Crippen LogP contribution in [-0.2, 0) is 15.8 Å². The van der Waals surface area contributed by atoms with Crippen LogP contribution in [0.3, 0.4) is 0 Å². The molecule has 34 heavy (non-hydrogen) atoms. The van der Waals surface area contributed by atoms with Crippen LogP contribution in [0.4, 0.5) is 18.9 Å². The van der Waals surface area contributed by atoms with Crippen molar-refractivity contribution in [3.05, 3.63) is 58.6 Å². The van der Waals surface area contributed by atoms with Crippen LogP contribution in [0.15, 0.2) is 42.5 Å². The zero-order valence-corrected chi connectivity index (χ0v) is 19.8. The molecule has 0 aliphatic carbocycles. The van der Waals surface area contributed by atoms with Gasteiger partial charge in [0, 0.05) is 12.6 Å². The third kappa shape index (κ3) is 7.41. The zero-order valence-electron chi connectivity index (χ0n) is 19.0. The monoisotopic (exact) mass is 498 g/mol. The van der Waals surface area contributed by atoms with Crippen LogP contribution in [-0.4, -0.2) is 43.5 Å². The van der Waals surface area contributed by atoms with Gasteiger partial charge in [0.1, 0.15) is 6.54 Å². The lowest BCUT2D eigenvalue weighted by atomic mass is 10.1. The molecule has 10 heteroatoms. The van der Waals surface area contributed by atoms with Crippen molar-refractivity contribution in [2.75, 3.05) is 32.1 Å².